The van der Waals surface area contributed by atoms with E-state index >= 15 is 0 Å². The molecular weight excluding hydrogens is 196 g/mol. The zero-order chi connectivity index (χ0) is 11.7. The standard InChI is InChI=1S/C10H18N2O3/c1-3-5-8(12-7-13)9(14)10(15)11-6-4-2/h7-8H,3-6H2,1-2H3,(H,11,15)(H,12,13)/t8-/m0/s1. The first-order valence-electron chi connectivity index (χ1n) is 5.19. The van der Waals surface area contributed by atoms with Crippen molar-refractivity contribution in [2.24, 2.45) is 0 Å². The quantitative estimate of drug-likeness (QED) is 0.441. The van der Waals surface area contributed by atoms with Gasteiger partial charge in [-0.25, -0.2) is 0 Å². The molecule has 2 N–H and O–H groups in total. The summed E-state index contributed by atoms with van der Waals surface area (Å²) in [4.78, 5) is 33.0. The predicted molar refractivity (Wildman–Crippen MR) is 56.2 cm³/mol. The van der Waals surface area contributed by atoms with Gasteiger partial charge in [0, 0.05) is 6.54 Å². The Bertz CT molecular complexity index is 229. The van der Waals surface area contributed by atoms with Crippen LogP contribution in [-0.2, 0) is 14.4 Å². The summed E-state index contributed by atoms with van der Waals surface area (Å²) >= 11 is 0. The summed E-state index contributed by atoms with van der Waals surface area (Å²) in [5.41, 5.74) is 0. The first-order valence-corrected chi connectivity index (χ1v) is 5.19. The maximum atomic E-state index is 11.5. The SMILES string of the molecule is CCCNC(=O)C(=O)[C@H](CCC)NC=O. The molecule has 0 radical (unpaired) electrons. The topological polar surface area (TPSA) is 75.3 Å². The van der Waals surface area contributed by atoms with Gasteiger partial charge in [-0.1, -0.05) is 20.3 Å². The molecule has 86 valence electrons. The van der Waals surface area contributed by atoms with E-state index in [0.717, 1.165) is 12.8 Å². The van der Waals surface area contributed by atoms with Gasteiger partial charge in [-0.3, -0.25) is 14.4 Å². The fraction of sp³-hybridized carbons (Fsp3) is 0.700. The maximum absolute atomic E-state index is 11.5. The van der Waals surface area contributed by atoms with Crippen LogP contribution in [0.3, 0.4) is 0 Å². The Balaban J connectivity index is 4.21. The van der Waals surface area contributed by atoms with E-state index in [0.29, 0.717) is 19.4 Å². The molecule has 0 aliphatic carbocycles. The molecule has 0 heterocycles. The van der Waals surface area contributed by atoms with Gasteiger partial charge in [-0.15, -0.1) is 0 Å². The Morgan fingerprint density at radius 3 is 2.40 bits per heavy atom. The number of rotatable bonds is 8. The number of hydrogen-bond donors (Lipinski definition) is 2. The molecule has 0 saturated heterocycles. The third kappa shape index (κ3) is 5.15. The Morgan fingerprint density at radius 2 is 1.93 bits per heavy atom. The van der Waals surface area contributed by atoms with E-state index in [-0.39, 0.29) is 0 Å². The molecular formula is C10H18N2O3. The largest absolute Gasteiger partial charge is 0.349 e. The van der Waals surface area contributed by atoms with Gasteiger partial charge in [-0.05, 0) is 12.8 Å². The number of carbonyl (C=O) groups excluding carboxylic acids is 3. The van der Waals surface area contributed by atoms with Gasteiger partial charge in [0.25, 0.3) is 5.91 Å². The fourth-order valence-electron chi connectivity index (χ4n) is 1.14. The molecule has 0 bridgehead atoms. The monoisotopic (exact) mass is 214 g/mol. The predicted octanol–water partition coefficient (Wildman–Crippen LogP) is -0.00360. The van der Waals surface area contributed by atoms with Gasteiger partial charge in [0.05, 0.1) is 6.04 Å². The van der Waals surface area contributed by atoms with Crippen LogP contribution in [0, 0.1) is 0 Å². The summed E-state index contributed by atoms with van der Waals surface area (Å²) in [6, 6.07) is -0.690. The summed E-state index contributed by atoms with van der Waals surface area (Å²) in [6.07, 6.45) is 2.44. The molecule has 0 spiro atoms. The van der Waals surface area contributed by atoms with Crippen molar-refractivity contribution in [2.75, 3.05) is 6.54 Å². The molecule has 0 aliphatic rings. The zero-order valence-corrected chi connectivity index (χ0v) is 9.21. The van der Waals surface area contributed by atoms with Crippen molar-refractivity contribution in [3.05, 3.63) is 0 Å². The van der Waals surface area contributed by atoms with Crippen molar-refractivity contribution in [3.63, 3.8) is 0 Å². The van der Waals surface area contributed by atoms with Gasteiger partial charge < -0.3 is 10.6 Å². The third-order valence-electron chi connectivity index (χ3n) is 1.92. The van der Waals surface area contributed by atoms with Crippen LogP contribution in [0.2, 0.25) is 0 Å². The molecule has 0 aromatic rings. The van der Waals surface area contributed by atoms with Gasteiger partial charge >= 0.3 is 0 Å². The van der Waals surface area contributed by atoms with Crippen molar-refractivity contribution in [3.8, 4) is 0 Å². The molecule has 0 aromatic carbocycles. The first-order chi connectivity index (χ1) is 7.17. The number of nitrogens with one attached hydrogen (secondary N) is 2. The highest BCUT2D eigenvalue weighted by molar-refractivity contribution is 6.38. The van der Waals surface area contributed by atoms with Gasteiger partial charge in [-0.2, -0.15) is 0 Å². The highest BCUT2D eigenvalue weighted by Gasteiger charge is 2.23. The van der Waals surface area contributed by atoms with Crippen molar-refractivity contribution in [1.29, 1.82) is 0 Å². The normalized spacial score (nSPS) is 11.6. The number of carbonyl (C=O) groups is 3. The van der Waals surface area contributed by atoms with Crippen LogP contribution in [0.5, 0.6) is 0 Å². The summed E-state index contributed by atoms with van der Waals surface area (Å²) < 4.78 is 0. The molecule has 1 atom stereocenters. The Morgan fingerprint density at radius 1 is 1.27 bits per heavy atom. The van der Waals surface area contributed by atoms with Crippen molar-refractivity contribution in [2.45, 2.75) is 39.2 Å². The van der Waals surface area contributed by atoms with E-state index in [1.165, 1.54) is 0 Å². The highest BCUT2D eigenvalue weighted by Crippen LogP contribution is 1.97. The van der Waals surface area contributed by atoms with E-state index in [4.69, 9.17) is 0 Å². The van der Waals surface area contributed by atoms with Crippen LogP contribution in [0.15, 0.2) is 0 Å². The van der Waals surface area contributed by atoms with E-state index < -0.39 is 17.7 Å². The smallest absolute Gasteiger partial charge is 0.289 e. The third-order valence-corrected chi connectivity index (χ3v) is 1.92. The second kappa shape index (κ2) is 7.96. The van der Waals surface area contributed by atoms with Gasteiger partial charge in [0.15, 0.2) is 0 Å². The minimum atomic E-state index is -0.690. The van der Waals surface area contributed by atoms with E-state index in [9.17, 15) is 14.4 Å². The Labute approximate surface area is 89.6 Å². The van der Waals surface area contributed by atoms with E-state index in [1.54, 1.807) is 0 Å². The fourth-order valence-corrected chi connectivity index (χ4v) is 1.14. The summed E-state index contributed by atoms with van der Waals surface area (Å²) in [6.45, 7) is 4.26. The van der Waals surface area contributed by atoms with Crippen molar-refractivity contribution in [1.82, 2.24) is 10.6 Å². The molecule has 0 saturated carbocycles. The molecule has 5 heteroatoms. The van der Waals surface area contributed by atoms with Crippen LogP contribution in [-0.4, -0.2) is 30.7 Å². The zero-order valence-electron chi connectivity index (χ0n) is 9.21. The molecule has 0 unspecified atom stereocenters. The Hall–Kier alpha value is -1.39. The number of amides is 2. The average molecular weight is 214 g/mol. The van der Waals surface area contributed by atoms with E-state index in [2.05, 4.69) is 10.6 Å². The summed E-state index contributed by atoms with van der Waals surface area (Å²) in [7, 11) is 0. The van der Waals surface area contributed by atoms with Crippen LogP contribution in [0.4, 0.5) is 0 Å². The number of Topliss-reactive ketones (excluding diaryl/α,β-unsaturated/α-hetero) is 1. The molecule has 2 amide bonds. The molecule has 0 aromatic heterocycles. The number of ketones is 1. The van der Waals surface area contributed by atoms with Crippen LogP contribution < -0.4 is 10.6 Å². The van der Waals surface area contributed by atoms with Gasteiger partial charge in [0.1, 0.15) is 0 Å². The van der Waals surface area contributed by atoms with Crippen LogP contribution >= 0.6 is 0 Å². The number of hydrogen-bond acceptors (Lipinski definition) is 3. The first kappa shape index (κ1) is 13.6. The second-order valence-electron chi connectivity index (χ2n) is 3.25. The Kier molecular flexibility index (Phi) is 7.23. The molecule has 0 rings (SSSR count). The lowest BCUT2D eigenvalue weighted by Crippen LogP contribution is -2.45. The van der Waals surface area contributed by atoms with Crippen molar-refractivity contribution >= 4 is 18.1 Å². The summed E-state index contributed by atoms with van der Waals surface area (Å²) in [5, 5.41) is 4.83. The lowest BCUT2D eigenvalue weighted by atomic mass is 10.1. The molecule has 0 fully saturated rings. The van der Waals surface area contributed by atoms with Crippen molar-refractivity contribution < 1.29 is 14.4 Å². The minimum absolute atomic E-state index is 0.450. The highest BCUT2D eigenvalue weighted by atomic mass is 16.2. The van der Waals surface area contributed by atoms with Crippen LogP contribution in [0.25, 0.3) is 0 Å². The minimum Gasteiger partial charge on any atom is -0.349 e. The van der Waals surface area contributed by atoms with E-state index in [1.807, 2.05) is 13.8 Å². The molecule has 5 nitrogen and oxygen atoms in total. The molecule has 15 heavy (non-hydrogen) atoms. The lowest BCUT2D eigenvalue weighted by molar-refractivity contribution is -0.139. The summed E-state index contributed by atoms with van der Waals surface area (Å²) in [5.74, 6) is -1.19. The maximum Gasteiger partial charge on any atom is 0.289 e. The van der Waals surface area contributed by atoms with Gasteiger partial charge in [0.2, 0.25) is 12.2 Å². The molecule has 0 aliphatic heterocycles. The van der Waals surface area contributed by atoms with Crippen LogP contribution in [0.1, 0.15) is 33.1 Å². The second-order valence-corrected chi connectivity index (χ2v) is 3.25. The average Bonchev–Trinajstić information content (AvgIpc) is 2.24. The lowest BCUT2D eigenvalue weighted by Gasteiger charge is -2.13.